The van der Waals surface area contributed by atoms with Gasteiger partial charge in [0, 0.05) is 5.54 Å². The van der Waals surface area contributed by atoms with Gasteiger partial charge in [-0.05, 0) is 61.6 Å². The van der Waals surface area contributed by atoms with Gasteiger partial charge >= 0.3 is 0 Å². The van der Waals surface area contributed by atoms with E-state index in [0.717, 1.165) is 43.1 Å². The molecule has 1 saturated carbocycles. The van der Waals surface area contributed by atoms with E-state index >= 15 is 0 Å². The van der Waals surface area contributed by atoms with Crippen LogP contribution in [0.4, 0.5) is 4.39 Å². The number of hydrogen-bond donors (Lipinski definition) is 1. The molecule has 1 aliphatic rings. The highest BCUT2D eigenvalue weighted by Crippen LogP contribution is 2.40. The Morgan fingerprint density at radius 1 is 1.28 bits per heavy atom. The summed E-state index contributed by atoms with van der Waals surface area (Å²) in [4.78, 5) is 0. The zero-order valence-electron chi connectivity index (χ0n) is 11.7. The topological polar surface area (TPSA) is 26.0 Å². The Morgan fingerprint density at radius 3 is 2.39 bits per heavy atom. The highest BCUT2D eigenvalue weighted by Gasteiger charge is 2.34. The molecule has 0 radical (unpaired) electrons. The van der Waals surface area contributed by atoms with Gasteiger partial charge in [-0.3, -0.25) is 0 Å². The fourth-order valence-electron chi connectivity index (χ4n) is 3.01. The summed E-state index contributed by atoms with van der Waals surface area (Å²) < 4.78 is 13.7. The van der Waals surface area contributed by atoms with E-state index in [1.54, 1.807) is 13.0 Å². The van der Waals surface area contributed by atoms with E-state index < -0.39 is 0 Å². The summed E-state index contributed by atoms with van der Waals surface area (Å²) >= 11 is 0. The third-order valence-corrected chi connectivity index (χ3v) is 4.61. The first-order chi connectivity index (χ1) is 8.42. The first-order valence-electron chi connectivity index (χ1n) is 6.98. The normalized spacial score (nSPS) is 28.7. The molecular formula is C16H24FN. The molecule has 1 aromatic rings. The molecule has 18 heavy (non-hydrogen) atoms. The SMILES string of the molecule is Cc1ccc(C2(N)CCC(C(C)C)CC2)cc1F. The van der Waals surface area contributed by atoms with Crippen LogP contribution in [0.2, 0.25) is 0 Å². The van der Waals surface area contributed by atoms with Crippen LogP contribution >= 0.6 is 0 Å². The molecule has 1 fully saturated rings. The maximum Gasteiger partial charge on any atom is 0.126 e. The van der Waals surface area contributed by atoms with Crippen molar-refractivity contribution >= 4 is 0 Å². The van der Waals surface area contributed by atoms with Crippen LogP contribution in [0.15, 0.2) is 18.2 Å². The quantitative estimate of drug-likeness (QED) is 0.837. The average molecular weight is 249 g/mol. The average Bonchev–Trinajstić information content (AvgIpc) is 2.33. The number of hydrogen-bond acceptors (Lipinski definition) is 1. The Morgan fingerprint density at radius 2 is 1.89 bits per heavy atom. The summed E-state index contributed by atoms with van der Waals surface area (Å²) in [6.45, 7) is 6.34. The minimum atomic E-state index is -0.320. The van der Waals surface area contributed by atoms with Gasteiger partial charge in [0.05, 0.1) is 0 Å². The fourth-order valence-corrected chi connectivity index (χ4v) is 3.01. The number of rotatable bonds is 2. The molecule has 1 aromatic carbocycles. The molecule has 0 amide bonds. The van der Waals surface area contributed by atoms with Crippen molar-refractivity contribution in [3.63, 3.8) is 0 Å². The van der Waals surface area contributed by atoms with E-state index in [1.807, 2.05) is 12.1 Å². The van der Waals surface area contributed by atoms with Crippen LogP contribution in [0.1, 0.15) is 50.7 Å². The van der Waals surface area contributed by atoms with E-state index in [9.17, 15) is 4.39 Å². The van der Waals surface area contributed by atoms with Crippen LogP contribution in [0.3, 0.4) is 0 Å². The molecule has 1 nitrogen and oxygen atoms in total. The largest absolute Gasteiger partial charge is 0.321 e. The zero-order chi connectivity index (χ0) is 13.3. The van der Waals surface area contributed by atoms with Crippen LogP contribution in [0.5, 0.6) is 0 Å². The molecule has 0 unspecified atom stereocenters. The monoisotopic (exact) mass is 249 g/mol. The lowest BCUT2D eigenvalue weighted by Gasteiger charge is -2.39. The van der Waals surface area contributed by atoms with Gasteiger partial charge in [-0.1, -0.05) is 26.0 Å². The van der Waals surface area contributed by atoms with Crippen molar-refractivity contribution in [1.82, 2.24) is 0 Å². The fraction of sp³-hybridized carbons (Fsp3) is 0.625. The van der Waals surface area contributed by atoms with Crippen LogP contribution in [0, 0.1) is 24.6 Å². The summed E-state index contributed by atoms with van der Waals surface area (Å²) in [5, 5.41) is 0. The molecule has 0 aliphatic heterocycles. The van der Waals surface area contributed by atoms with Gasteiger partial charge in [-0.2, -0.15) is 0 Å². The highest BCUT2D eigenvalue weighted by atomic mass is 19.1. The van der Waals surface area contributed by atoms with Gasteiger partial charge in [0.2, 0.25) is 0 Å². The second kappa shape index (κ2) is 5.00. The van der Waals surface area contributed by atoms with Crippen molar-refractivity contribution in [3.8, 4) is 0 Å². The van der Waals surface area contributed by atoms with E-state index in [1.165, 1.54) is 0 Å². The second-order valence-corrected chi connectivity index (χ2v) is 6.20. The highest BCUT2D eigenvalue weighted by molar-refractivity contribution is 5.29. The summed E-state index contributed by atoms with van der Waals surface area (Å²) in [5.41, 5.74) is 7.83. The van der Waals surface area contributed by atoms with Gasteiger partial charge < -0.3 is 5.73 Å². The molecular weight excluding hydrogens is 225 g/mol. The Bertz CT molecular complexity index is 417. The van der Waals surface area contributed by atoms with E-state index in [4.69, 9.17) is 5.73 Å². The van der Waals surface area contributed by atoms with Crippen LogP contribution in [-0.2, 0) is 5.54 Å². The van der Waals surface area contributed by atoms with Crippen molar-refractivity contribution in [2.75, 3.05) is 0 Å². The molecule has 0 saturated heterocycles. The van der Waals surface area contributed by atoms with E-state index in [0.29, 0.717) is 5.56 Å². The minimum absolute atomic E-state index is 0.136. The van der Waals surface area contributed by atoms with Crippen molar-refractivity contribution in [2.45, 2.75) is 52.0 Å². The number of halogens is 1. The van der Waals surface area contributed by atoms with Crippen LogP contribution in [-0.4, -0.2) is 0 Å². The Balaban J connectivity index is 2.15. The van der Waals surface area contributed by atoms with Gasteiger partial charge in [0.25, 0.3) is 0 Å². The molecule has 0 aromatic heterocycles. The maximum absolute atomic E-state index is 13.7. The smallest absolute Gasteiger partial charge is 0.126 e. The molecule has 0 atom stereocenters. The Labute approximate surface area is 110 Å². The van der Waals surface area contributed by atoms with Gasteiger partial charge in [0.15, 0.2) is 0 Å². The molecule has 0 spiro atoms. The van der Waals surface area contributed by atoms with Gasteiger partial charge in [-0.15, -0.1) is 0 Å². The van der Waals surface area contributed by atoms with Gasteiger partial charge in [-0.25, -0.2) is 4.39 Å². The minimum Gasteiger partial charge on any atom is -0.321 e. The van der Waals surface area contributed by atoms with Crippen LogP contribution in [0.25, 0.3) is 0 Å². The Kier molecular flexibility index (Phi) is 3.76. The summed E-state index contributed by atoms with van der Waals surface area (Å²) in [5.74, 6) is 1.37. The first kappa shape index (κ1) is 13.5. The number of nitrogens with two attached hydrogens (primary N) is 1. The Hall–Kier alpha value is -0.890. The van der Waals surface area contributed by atoms with Crippen molar-refractivity contribution in [3.05, 3.63) is 35.1 Å². The molecule has 0 heterocycles. The lowest BCUT2D eigenvalue weighted by molar-refractivity contribution is 0.195. The molecule has 0 bridgehead atoms. The zero-order valence-corrected chi connectivity index (χ0v) is 11.7. The summed E-state index contributed by atoms with van der Waals surface area (Å²) in [6.07, 6.45) is 4.25. The molecule has 100 valence electrons. The lowest BCUT2D eigenvalue weighted by Crippen LogP contribution is -2.41. The first-order valence-corrected chi connectivity index (χ1v) is 6.98. The van der Waals surface area contributed by atoms with Crippen molar-refractivity contribution in [2.24, 2.45) is 17.6 Å². The van der Waals surface area contributed by atoms with E-state index in [2.05, 4.69) is 13.8 Å². The van der Waals surface area contributed by atoms with E-state index in [-0.39, 0.29) is 11.4 Å². The van der Waals surface area contributed by atoms with Gasteiger partial charge in [0.1, 0.15) is 5.82 Å². The molecule has 2 heteroatoms. The number of benzene rings is 1. The maximum atomic E-state index is 13.7. The van der Waals surface area contributed by atoms with Crippen LogP contribution < -0.4 is 5.73 Å². The standard InChI is InChI=1S/C16H24FN/c1-11(2)13-6-8-16(18,9-7-13)14-5-4-12(3)15(17)10-14/h4-5,10-11,13H,6-9,18H2,1-3H3. The van der Waals surface area contributed by atoms with Crippen molar-refractivity contribution in [1.29, 1.82) is 0 Å². The second-order valence-electron chi connectivity index (χ2n) is 6.20. The molecule has 2 N–H and O–H groups in total. The summed E-state index contributed by atoms with van der Waals surface area (Å²) in [6, 6.07) is 5.47. The predicted molar refractivity (Wildman–Crippen MR) is 73.8 cm³/mol. The lowest BCUT2D eigenvalue weighted by atomic mass is 9.70. The third-order valence-electron chi connectivity index (χ3n) is 4.61. The number of aryl methyl sites for hydroxylation is 1. The molecule has 1 aliphatic carbocycles. The molecule has 2 rings (SSSR count). The predicted octanol–water partition coefficient (Wildman–Crippen LogP) is 4.13. The third kappa shape index (κ3) is 2.59. The summed E-state index contributed by atoms with van der Waals surface area (Å²) in [7, 11) is 0. The van der Waals surface area contributed by atoms with Crippen molar-refractivity contribution < 1.29 is 4.39 Å².